The Kier molecular flexibility index (Phi) is 1.18. The van der Waals surface area contributed by atoms with Gasteiger partial charge in [0, 0.05) is 0 Å². The summed E-state index contributed by atoms with van der Waals surface area (Å²) in [5.74, 6) is 0.447. The Balaban J connectivity index is 3.08. The first kappa shape index (κ1) is 5.74. The third-order valence-electron chi connectivity index (χ3n) is 0.872. The molecule has 0 aliphatic rings. The first-order chi connectivity index (χ1) is 4.22. The third kappa shape index (κ3) is 0.883. The molecular formula is C4H5N4O. The molecule has 1 rings (SSSR count). The van der Waals surface area contributed by atoms with Crippen molar-refractivity contribution in [3.63, 3.8) is 0 Å². The molecule has 0 aliphatic carbocycles. The normalized spacial score (nSPS) is 9.44. The molecule has 1 radical (unpaired) electrons. The van der Waals surface area contributed by atoms with Gasteiger partial charge < -0.3 is 5.73 Å². The summed E-state index contributed by atoms with van der Waals surface area (Å²) in [5.41, 5.74) is 4.86. The summed E-state index contributed by atoms with van der Waals surface area (Å²) in [6.07, 6.45) is 2.24. The largest absolute Gasteiger partial charge is 0.350 e. The summed E-state index contributed by atoms with van der Waals surface area (Å²) in [6.45, 7) is 1.62. The van der Waals surface area contributed by atoms with Gasteiger partial charge in [0.25, 0.3) is 0 Å². The van der Waals surface area contributed by atoms with Gasteiger partial charge in [-0.25, -0.2) is 9.78 Å². The van der Waals surface area contributed by atoms with Crippen LogP contribution in [0, 0.1) is 13.3 Å². The summed E-state index contributed by atoms with van der Waals surface area (Å²) < 4.78 is 0.972. The Bertz CT molecular complexity index is 228. The molecule has 0 saturated heterocycles. The summed E-state index contributed by atoms with van der Waals surface area (Å²) in [6, 6.07) is -0.638. The Labute approximate surface area is 51.5 Å². The van der Waals surface area contributed by atoms with Crippen LogP contribution in [0.2, 0.25) is 0 Å². The van der Waals surface area contributed by atoms with Gasteiger partial charge in [-0.05, 0) is 6.92 Å². The highest BCUT2D eigenvalue weighted by Gasteiger charge is 2.01. The van der Waals surface area contributed by atoms with E-state index in [1.165, 1.54) is 0 Å². The molecule has 0 atom stereocenters. The van der Waals surface area contributed by atoms with Crippen LogP contribution in [-0.2, 0) is 0 Å². The molecule has 0 bridgehead atoms. The fourth-order valence-corrected chi connectivity index (χ4v) is 0.468. The fraction of sp³-hybridized carbons (Fsp3) is 0.250. The van der Waals surface area contributed by atoms with E-state index < -0.39 is 6.03 Å². The Morgan fingerprint density at radius 3 is 2.78 bits per heavy atom. The van der Waals surface area contributed by atoms with E-state index in [0.29, 0.717) is 5.82 Å². The molecule has 1 heterocycles. The van der Waals surface area contributed by atoms with E-state index in [1.54, 1.807) is 6.92 Å². The minimum absolute atomic E-state index is 0.447. The zero-order valence-corrected chi connectivity index (χ0v) is 4.83. The van der Waals surface area contributed by atoms with Crippen LogP contribution in [-0.4, -0.2) is 20.8 Å². The minimum Gasteiger partial charge on any atom is -0.350 e. The van der Waals surface area contributed by atoms with Gasteiger partial charge in [-0.15, -0.1) is 5.10 Å². The smallest absolute Gasteiger partial charge is 0.341 e. The van der Waals surface area contributed by atoms with Gasteiger partial charge in [0.05, 0.1) is 0 Å². The van der Waals surface area contributed by atoms with E-state index in [9.17, 15) is 4.79 Å². The zero-order valence-electron chi connectivity index (χ0n) is 4.83. The average Bonchev–Trinajstić information content (AvgIpc) is 2.13. The van der Waals surface area contributed by atoms with Gasteiger partial charge in [-0.2, -0.15) is 4.68 Å². The van der Waals surface area contributed by atoms with Crippen LogP contribution >= 0.6 is 0 Å². The molecule has 2 N–H and O–H groups in total. The molecule has 5 nitrogen and oxygen atoms in total. The first-order valence-electron chi connectivity index (χ1n) is 2.31. The quantitative estimate of drug-likeness (QED) is 0.499. The molecule has 1 aromatic rings. The topological polar surface area (TPSA) is 73.8 Å². The number of nitrogens with two attached hydrogens (primary N) is 1. The van der Waals surface area contributed by atoms with Crippen LogP contribution in [0.3, 0.4) is 0 Å². The number of aromatic nitrogens is 3. The second-order valence-corrected chi connectivity index (χ2v) is 1.51. The van der Waals surface area contributed by atoms with E-state index in [-0.39, 0.29) is 0 Å². The van der Waals surface area contributed by atoms with Gasteiger partial charge in [0.15, 0.2) is 0 Å². The summed E-state index contributed by atoms with van der Waals surface area (Å²) >= 11 is 0. The lowest BCUT2D eigenvalue weighted by atomic mass is 10.7. The molecule has 1 aromatic heterocycles. The van der Waals surface area contributed by atoms with E-state index in [4.69, 9.17) is 5.73 Å². The molecule has 47 valence electrons. The Hall–Kier alpha value is -1.39. The second-order valence-electron chi connectivity index (χ2n) is 1.51. The lowest BCUT2D eigenvalue weighted by Crippen LogP contribution is -2.21. The predicted octanol–water partition coefficient (Wildman–Crippen LogP) is -0.686. The third-order valence-corrected chi connectivity index (χ3v) is 0.872. The molecule has 9 heavy (non-hydrogen) atoms. The fourth-order valence-electron chi connectivity index (χ4n) is 0.468. The number of hydrogen-bond acceptors (Lipinski definition) is 3. The average molecular weight is 125 g/mol. The number of amides is 1. The summed E-state index contributed by atoms with van der Waals surface area (Å²) in [4.78, 5) is 13.9. The van der Waals surface area contributed by atoms with Crippen molar-refractivity contribution in [2.24, 2.45) is 5.73 Å². The first-order valence-corrected chi connectivity index (χ1v) is 2.31. The molecule has 0 unspecified atom stereocenters. The Morgan fingerprint density at radius 1 is 1.89 bits per heavy atom. The van der Waals surface area contributed by atoms with Gasteiger partial charge in [0.1, 0.15) is 5.82 Å². The monoisotopic (exact) mass is 125 g/mol. The SMILES string of the molecule is Cc1n[c]nn1C(N)=O. The molecular weight excluding hydrogens is 120 g/mol. The van der Waals surface area contributed by atoms with Crippen molar-refractivity contribution in [2.45, 2.75) is 6.92 Å². The van der Waals surface area contributed by atoms with E-state index in [2.05, 4.69) is 16.4 Å². The van der Waals surface area contributed by atoms with Crippen LogP contribution in [0.1, 0.15) is 5.82 Å². The minimum atomic E-state index is -0.638. The van der Waals surface area contributed by atoms with Crippen molar-refractivity contribution in [3.8, 4) is 0 Å². The van der Waals surface area contributed by atoms with Gasteiger partial charge in [0.2, 0.25) is 6.33 Å². The highest BCUT2D eigenvalue weighted by Crippen LogP contribution is 1.85. The standard InChI is InChI=1S/C4H5N4O/c1-3-6-2-7-8(3)4(5)9/h1H3,(H2,5,9). The highest BCUT2D eigenvalue weighted by atomic mass is 16.2. The number of primary amides is 1. The molecule has 0 saturated carbocycles. The van der Waals surface area contributed by atoms with E-state index in [0.717, 1.165) is 4.68 Å². The molecule has 1 amide bonds. The zero-order chi connectivity index (χ0) is 6.85. The van der Waals surface area contributed by atoms with Crippen LogP contribution in [0.5, 0.6) is 0 Å². The van der Waals surface area contributed by atoms with Gasteiger partial charge in [-0.3, -0.25) is 0 Å². The van der Waals surface area contributed by atoms with Crippen LogP contribution in [0.25, 0.3) is 0 Å². The maximum Gasteiger partial charge on any atom is 0.341 e. The number of aryl methyl sites for hydroxylation is 1. The number of carbonyl (C=O) groups excluding carboxylic acids is 1. The van der Waals surface area contributed by atoms with Gasteiger partial charge in [-0.1, -0.05) is 0 Å². The molecule has 0 spiro atoms. The summed E-state index contributed by atoms with van der Waals surface area (Å²) in [5, 5.41) is 3.42. The van der Waals surface area contributed by atoms with Crippen LogP contribution in [0.4, 0.5) is 4.79 Å². The van der Waals surface area contributed by atoms with Crippen molar-refractivity contribution < 1.29 is 4.79 Å². The molecule has 0 aromatic carbocycles. The number of nitrogens with zero attached hydrogens (tertiary/aromatic N) is 3. The van der Waals surface area contributed by atoms with Crippen LogP contribution < -0.4 is 5.73 Å². The molecule has 5 heteroatoms. The van der Waals surface area contributed by atoms with Crippen LogP contribution in [0.15, 0.2) is 0 Å². The van der Waals surface area contributed by atoms with Crippen molar-refractivity contribution in [2.75, 3.05) is 0 Å². The van der Waals surface area contributed by atoms with Gasteiger partial charge >= 0.3 is 6.03 Å². The van der Waals surface area contributed by atoms with Crippen molar-refractivity contribution >= 4 is 6.03 Å². The highest BCUT2D eigenvalue weighted by molar-refractivity contribution is 5.73. The lowest BCUT2D eigenvalue weighted by molar-refractivity contribution is 0.247. The number of carbonyl (C=O) groups is 1. The second kappa shape index (κ2) is 1.85. The van der Waals surface area contributed by atoms with Crippen molar-refractivity contribution in [3.05, 3.63) is 12.2 Å². The maximum atomic E-state index is 10.3. The van der Waals surface area contributed by atoms with Crippen molar-refractivity contribution in [1.82, 2.24) is 14.8 Å². The molecule has 0 fully saturated rings. The lowest BCUT2D eigenvalue weighted by Gasteiger charge is -1.91. The predicted molar refractivity (Wildman–Crippen MR) is 28.6 cm³/mol. The summed E-state index contributed by atoms with van der Waals surface area (Å²) in [7, 11) is 0. The van der Waals surface area contributed by atoms with Crippen molar-refractivity contribution in [1.29, 1.82) is 0 Å². The van der Waals surface area contributed by atoms with E-state index in [1.807, 2.05) is 0 Å². The number of rotatable bonds is 0. The Morgan fingerprint density at radius 2 is 2.56 bits per heavy atom. The molecule has 0 aliphatic heterocycles. The van der Waals surface area contributed by atoms with E-state index >= 15 is 0 Å². The maximum absolute atomic E-state index is 10.3. The number of hydrogen-bond donors (Lipinski definition) is 1.